The third-order valence-corrected chi connectivity index (χ3v) is 1.70. The minimum absolute atomic E-state index is 0.671. The maximum absolute atomic E-state index is 9.71. The monoisotopic (exact) mass is 197 g/mol. The van der Waals surface area contributed by atoms with E-state index in [1.165, 1.54) is 0 Å². The van der Waals surface area contributed by atoms with E-state index in [1.807, 2.05) is 0 Å². The van der Waals surface area contributed by atoms with Crippen LogP contribution < -0.4 is 0 Å². The molecule has 14 heavy (non-hydrogen) atoms. The van der Waals surface area contributed by atoms with Crippen molar-refractivity contribution < 1.29 is 4.79 Å². The number of rotatable bonds is 5. The standard InChI is InChI=1S/C6H11N.C6H12O/c2*1-6(2)4-3-5-7/h6H,3-4H2,1-2H3;5-6H,3-4H2,1-2H3. The number of carbonyl (C=O) groups is 1. The van der Waals surface area contributed by atoms with Crippen LogP contribution in [0.25, 0.3) is 0 Å². The molecule has 0 rings (SSSR count). The Morgan fingerprint density at radius 3 is 1.79 bits per heavy atom. The van der Waals surface area contributed by atoms with Gasteiger partial charge in [-0.25, -0.2) is 0 Å². The van der Waals surface area contributed by atoms with Crippen LogP contribution in [0.3, 0.4) is 0 Å². The quantitative estimate of drug-likeness (QED) is 0.632. The van der Waals surface area contributed by atoms with Gasteiger partial charge in [0.2, 0.25) is 0 Å². The SMILES string of the molecule is CC(C)CCC#N.CC(C)CCC=O. The predicted octanol–water partition coefficient (Wildman–Crippen LogP) is 3.57. The minimum Gasteiger partial charge on any atom is -0.303 e. The van der Waals surface area contributed by atoms with E-state index in [2.05, 4.69) is 33.8 Å². The first kappa shape index (κ1) is 15.6. The number of carbonyl (C=O) groups excluding carboxylic acids is 1. The van der Waals surface area contributed by atoms with Crippen LogP contribution in [0.4, 0.5) is 0 Å². The molecule has 0 radical (unpaired) electrons. The van der Waals surface area contributed by atoms with E-state index in [-0.39, 0.29) is 0 Å². The summed E-state index contributed by atoms with van der Waals surface area (Å²) in [6.45, 7) is 8.47. The van der Waals surface area contributed by atoms with Crippen molar-refractivity contribution in [3.05, 3.63) is 0 Å². The molecular formula is C12H23NO. The van der Waals surface area contributed by atoms with Crippen molar-refractivity contribution in [2.45, 2.75) is 53.4 Å². The van der Waals surface area contributed by atoms with Crippen molar-refractivity contribution in [3.63, 3.8) is 0 Å². The smallest absolute Gasteiger partial charge is 0.120 e. The van der Waals surface area contributed by atoms with Gasteiger partial charge in [0.05, 0.1) is 6.07 Å². The summed E-state index contributed by atoms with van der Waals surface area (Å²) in [6.07, 6.45) is 4.47. The molecule has 0 heterocycles. The number of hydrogen-bond acceptors (Lipinski definition) is 2. The Morgan fingerprint density at radius 2 is 1.64 bits per heavy atom. The fraction of sp³-hybridized carbons (Fsp3) is 0.833. The van der Waals surface area contributed by atoms with Gasteiger partial charge in [0.15, 0.2) is 0 Å². The molecule has 0 spiro atoms. The van der Waals surface area contributed by atoms with E-state index in [9.17, 15) is 4.79 Å². The highest BCUT2D eigenvalue weighted by Crippen LogP contribution is 2.00. The molecule has 82 valence electrons. The number of nitriles is 1. The molecule has 0 saturated carbocycles. The predicted molar refractivity (Wildman–Crippen MR) is 59.8 cm³/mol. The molecule has 0 atom stereocenters. The zero-order valence-electron chi connectivity index (χ0n) is 9.92. The van der Waals surface area contributed by atoms with E-state index < -0.39 is 0 Å². The third kappa shape index (κ3) is 22.5. The van der Waals surface area contributed by atoms with Crippen molar-refractivity contribution in [3.8, 4) is 6.07 Å². The average molecular weight is 197 g/mol. The molecule has 0 bridgehead atoms. The van der Waals surface area contributed by atoms with E-state index >= 15 is 0 Å². The molecule has 0 aliphatic heterocycles. The summed E-state index contributed by atoms with van der Waals surface area (Å²) in [4.78, 5) is 9.71. The zero-order valence-corrected chi connectivity index (χ0v) is 9.92. The Labute approximate surface area is 88.3 Å². The minimum atomic E-state index is 0.671. The van der Waals surface area contributed by atoms with Gasteiger partial charge in [-0.05, 0) is 24.7 Å². The number of aldehydes is 1. The van der Waals surface area contributed by atoms with E-state index in [4.69, 9.17) is 5.26 Å². The van der Waals surface area contributed by atoms with Gasteiger partial charge < -0.3 is 4.79 Å². The Kier molecular flexibility index (Phi) is 13.6. The molecular weight excluding hydrogens is 174 g/mol. The van der Waals surface area contributed by atoms with Crippen molar-refractivity contribution >= 4 is 6.29 Å². The summed E-state index contributed by atoms with van der Waals surface area (Å²) in [5.74, 6) is 1.35. The molecule has 0 aromatic heterocycles. The second kappa shape index (κ2) is 12.2. The second-order valence-electron chi connectivity index (χ2n) is 4.23. The molecule has 0 unspecified atom stereocenters. The summed E-state index contributed by atoms with van der Waals surface area (Å²) >= 11 is 0. The Balaban J connectivity index is 0. The normalized spacial score (nSPS) is 9.21. The lowest BCUT2D eigenvalue weighted by Crippen LogP contribution is -1.85. The van der Waals surface area contributed by atoms with Gasteiger partial charge >= 0.3 is 0 Å². The van der Waals surface area contributed by atoms with Crippen LogP contribution in [-0.4, -0.2) is 6.29 Å². The van der Waals surface area contributed by atoms with Gasteiger partial charge in [0.25, 0.3) is 0 Å². The van der Waals surface area contributed by atoms with Crippen molar-refractivity contribution in [1.29, 1.82) is 5.26 Å². The maximum Gasteiger partial charge on any atom is 0.120 e. The van der Waals surface area contributed by atoms with Crippen molar-refractivity contribution in [2.75, 3.05) is 0 Å². The van der Waals surface area contributed by atoms with Crippen LogP contribution in [0, 0.1) is 23.2 Å². The first-order chi connectivity index (χ1) is 6.54. The first-order valence-electron chi connectivity index (χ1n) is 5.35. The molecule has 0 aromatic carbocycles. The average Bonchev–Trinajstić information content (AvgIpc) is 2.12. The van der Waals surface area contributed by atoms with Crippen LogP contribution in [0.15, 0.2) is 0 Å². The van der Waals surface area contributed by atoms with E-state index in [0.717, 1.165) is 25.5 Å². The number of hydrogen-bond donors (Lipinski definition) is 0. The molecule has 2 nitrogen and oxygen atoms in total. The largest absolute Gasteiger partial charge is 0.303 e. The van der Waals surface area contributed by atoms with E-state index in [1.54, 1.807) is 0 Å². The Bertz CT molecular complexity index is 156. The lowest BCUT2D eigenvalue weighted by Gasteiger charge is -1.95. The molecule has 0 amide bonds. The van der Waals surface area contributed by atoms with E-state index in [0.29, 0.717) is 18.3 Å². The summed E-state index contributed by atoms with van der Waals surface area (Å²) in [5.41, 5.74) is 0. The van der Waals surface area contributed by atoms with Crippen LogP contribution >= 0.6 is 0 Å². The first-order valence-corrected chi connectivity index (χ1v) is 5.35. The second-order valence-corrected chi connectivity index (χ2v) is 4.23. The van der Waals surface area contributed by atoms with Crippen molar-refractivity contribution in [1.82, 2.24) is 0 Å². The maximum atomic E-state index is 9.71. The zero-order chi connectivity index (χ0) is 11.4. The molecule has 0 saturated heterocycles. The molecule has 0 fully saturated rings. The lowest BCUT2D eigenvalue weighted by molar-refractivity contribution is -0.108. The van der Waals surface area contributed by atoms with Crippen LogP contribution in [0.2, 0.25) is 0 Å². The highest BCUT2D eigenvalue weighted by molar-refractivity contribution is 5.48. The molecule has 0 N–H and O–H groups in total. The van der Waals surface area contributed by atoms with Gasteiger partial charge in [-0.3, -0.25) is 0 Å². The molecule has 0 aromatic rings. The summed E-state index contributed by atoms with van der Waals surface area (Å²) in [6, 6.07) is 2.10. The lowest BCUT2D eigenvalue weighted by atomic mass is 10.1. The van der Waals surface area contributed by atoms with Gasteiger partial charge in [-0.2, -0.15) is 5.26 Å². The molecule has 0 aliphatic carbocycles. The highest BCUT2D eigenvalue weighted by atomic mass is 16.1. The summed E-state index contributed by atoms with van der Waals surface area (Å²) in [5, 5.41) is 8.07. The Hall–Kier alpha value is -0.840. The topological polar surface area (TPSA) is 40.9 Å². The van der Waals surface area contributed by atoms with Crippen LogP contribution in [-0.2, 0) is 4.79 Å². The van der Waals surface area contributed by atoms with Gasteiger partial charge in [0.1, 0.15) is 6.29 Å². The molecule has 0 aliphatic rings. The van der Waals surface area contributed by atoms with Crippen molar-refractivity contribution in [2.24, 2.45) is 11.8 Å². The molecule has 2 heteroatoms. The Morgan fingerprint density at radius 1 is 1.14 bits per heavy atom. The van der Waals surface area contributed by atoms with Gasteiger partial charge in [-0.15, -0.1) is 0 Å². The summed E-state index contributed by atoms with van der Waals surface area (Å²) < 4.78 is 0. The fourth-order valence-corrected chi connectivity index (χ4v) is 0.755. The summed E-state index contributed by atoms with van der Waals surface area (Å²) in [7, 11) is 0. The van der Waals surface area contributed by atoms with Gasteiger partial charge in [0, 0.05) is 12.8 Å². The van der Waals surface area contributed by atoms with Gasteiger partial charge in [-0.1, -0.05) is 27.7 Å². The van der Waals surface area contributed by atoms with Crippen LogP contribution in [0.1, 0.15) is 53.4 Å². The fourth-order valence-electron chi connectivity index (χ4n) is 0.755. The highest BCUT2D eigenvalue weighted by Gasteiger charge is 1.89. The van der Waals surface area contributed by atoms with Crippen LogP contribution in [0.5, 0.6) is 0 Å². The number of nitrogens with zero attached hydrogens (tertiary/aromatic N) is 1. The third-order valence-electron chi connectivity index (χ3n) is 1.70.